The van der Waals surface area contributed by atoms with E-state index in [-0.39, 0.29) is 17.9 Å². The highest BCUT2D eigenvalue weighted by atomic mass is 35.5. The second-order valence-electron chi connectivity index (χ2n) is 7.73. The van der Waals surface area contributed by atoms with Crippen LogP contribution in [-0.4, -0.2) is 31.7 Å². The molecule has 0 aliphatic carbocycles. The zero-order valence-corrected chi connectivity index (χ0v) is 18.6. The van der Waals surface area contributed by atoms with E-state index < -0.39 is 10.0 Å². The number of carbonyl (C=O) groups is 1. The van der Waals surface area contributed by atoms with Crippen LogP contribution >= 0.6 is 11.6 Å². The lowest BCUT2D eigenvalue weighted by molar-refractivity contribution is -0.126. The van der Waals surface area contributed by atoms with Crippen molar-refractivity contribution in [3.05, 3.63) is 64.2 Å². The van der Waals surface area contributed by atoms with E-state index in [0.717, 1.165) is 16.7 Å². The Labute approximate surface area is 178 Å². The van der Waals surface area contributed by atoms with Crippen LogP contribution < -0.4 is 5.32 Å². The molecule has 0 aromatic heterocycles. The Morgan fingerprint density at radius 3 is 2.34 bits per heavy atom. The van der Waals surface area contributed by atoms with Gasteiger partial charge in [-0.1, -0.05) is 35.9 Å². The van der Waals surface area contributed by atoms with E-state index in [9.17, 15) is 13.2 Å². The number of nitrogens with one attached hydrogen (secondary N) is 1. The van der Waals surface area contributed by atoms with Gasteiger partial charge in [-0.05, 0) is 68.5 Å². The molecule has 1 heterocycles. The molecular weight excluding hydrogens is 408 g/mol. The Kier molecular flexibility index (Phi) is 6.66. The van der Waals surface area contributed by atoms with Crippen molar-refractivity contribution in [3.63, 3.8) is 0 Å². The number of rotatable bonds is 5. The molecule has 1 amide bonds. The predicted octanol–water partition coefficient (Wildman–Crippen LogP) is 4.23. The zero-order valence-electron chi connectivity index (χ0n) is 17.0. The molecule has 7 heteroatoms. The second kappa shape index (κ2) is 8.86. The Morgan fingerprint density at radius 1 is 1.10 bits per heavy atom. The van der Waals surface area contributed by atoms with Crippen LogP contribution in [0.25, 0.3) is 0 Å². The van der Waals surface area contributed by atoms with Gasteiger partial charge in [0.1, 0.15) is 0 Å². The summed E-state index contributed by atoms with van der Waals surface area (Å²) in [7, 11) is -3.55. The third-order valence-corrected chi connectivity index (χ3v) is 7.81. The number of piperidine rings is 1. The SMILES string of the molecule is Cc1ccc(C)c(S(=O)(=O)N2CCC(C(=O)N[C@H](C)c3ccc(Cl)cc3)CC2)c1. The van der Waals surface area contributed by atoms with Crippen LogP contribution in [0.4, 0.5) is 0 Å². The fourth-order valence-corrected chi connectivity index (χ4v) is 5.55. The minimum absolute atomic E-state index is 0.0313. The van der Waals surface area contributed by atoms with E-state index in [4.69, 9.17) is 11.6 Å². The lowest BCUT2D eigenvalue weighted by atomic mass is 9.96. The molecule has 0 bridgehead atoms. The van der Waals surface area contributed by atoms with Gasteiger partial charge < -0.3 is 5.32 Å². The van der Waals surface area contributed by atoms with Gasteiger partial charge in [0.2, 0.25) is 15.9 Å². The minimum Gasteiger partial charge on any atom is -0.349 e. The van der Waals surface area contributed by atoms with Crippen molar-refractivity contribution in [3.8, 4) is 0 Å². The van der Waals surface area contributed by atoms with Crippen molar-refractivity contribution in [2.24, 2.45) is 5.92 Å². The first-order valence-electron chi connectivity index (χ1n) is 9.81. The van der Waals surface area contributed by atoms with Crippen molar-refractivity contribution in [1.29, 1.82) is 0 Å². The molecule has 1 aliphatic heterocycles. The number of carbonyl (C=O) groups excluding carboxylic acids is 1. The standard InChI is InChI=1S/C22H27ClN2O3S/c1-15-4-5-16(2)21(14-15)29(27,28)25-12-10-19(11-13-25)22(26)24-17(3)18-6-8-20(23)9-7-18/h4-9,14,17,19H,10-13H2,1-3H3,(H,24,26)/t17-/m1/s1. The van der Waals surface area contributed by atoms with E-state index in [1.54, 1.807) is 18.2 Å². The van der Waals surface area contributed by atoms with Gasteiger partial charge in [-0.2, -0.15) is 4.31 Å². The van der Waals surface area contributed by atoms with Crippen molar-refractivity contribution in [2.45, 2.75) is 44.6 Å². The number of sulfonamides is 1. The first kappa shape index (κ1) is 21.8. The zero-order chi connectivity index (χ0) is 21.2. The number of nitrogens with zero attached hydrogens (tertiary/aromatic N) is 1. The largest absolute Gasteiger partial charge is 0.349 e. The van der Waals surface area contributed by atoms with Gasteiger partial charge in [-0.3, -0.25) is 4.79 Å². The minimum atomic E-state index is -3.55. The molecule has 0 spiro atoms. The highest BCUT2D eigenvalue weighted by Gasteiger charge is 2.33. The van der Waals surface area contributed by atoms with E-state index in [0.29, 0.717) is 35.8 Å². The number of hydrogen-bond donors (Lipinski definition) is 1. The summed E-state index contributed by atoms with van der Waals surface area (Å²) in [6, 6.07) is 12.7. The summed E-state index contributed by atoms with van der Waals surface area (Å²) in [5, 5.41) is 3.69. The average molecular weight is 435 g/mol. The van der Waals surface area contributed by atoms with Crippen molar-refractivity contribution in [2.75, 3.05) is 13.1 Å². The summed E-state index contributed by atoms with van der Waals surface area (Å²) < 4.78 is 27.6. The van der Waals surface area contributed by atoms with Crippen LogP contribution in [0.3, 0.4) is 0 Å². The molecule has 29 heavy (non-hydrogen) atoms. The molecule has 1 fully saturated rings. The van der Waals surface area contributed by atoms with Crippen LogP contribution in [0.2, 0.25) is 5.02 Å². The Bertz CT molecular complexity index is 982. The number of amides is 1. The highest BCUT2D eigenvalue weighted by molar-refractivity contribution is 7.89. The molecule has 2 aromatic carbocycles. The fourth-order valence-electron chi connectivity index (χ4n) is 3.65. The fraction of sp³-hybridized carbons (Fsp3) is 0.409. The third kappa shape index (κ3) is 5.00. The van der Waals surface area contributed by atoms with Gasteiger partial charge >= 0.3 is 0 Å². The van der Waals surface area contributed by atoms with Crippen molar-refractivity contribution >= 4 is 27.5 Å². The number of aryl methyl sites for hydroxylation is 2. The highest BCUT2D eigenvalue weighted by Crippen LogP contribution is 2.27. The summed E-state index contributed by atoms with van der Waals surface area (Å²) in [6.07, 6.45) is 1.03. The van der Waals surface area contributed by atoms with E-state index in [1.165, 1.54) is 4.31 Å². The first-order valence-corrected chi connectivity index (χ1v) is 11.6. The first-order chi connectivity index (χ1) is 13.7. The summed E-state index contributed by atoms with van der Waals surface area (Å²) in [6.45, 7) is 6.33. The maximum atomic E-state index is 13.0. The topological polar surface area (TPSA) is 66.5 Å². The summed E-state index contributed by atoms with van der Waals surface area (Å²) >= 11 is 5.92. The molecule has 1 aliphatic rings. The van der Waals surface area contributed by atoms with Crippen LogP contribution in [0, 0.1) is 19.8 Å². The maximum Gasteiger partial charge on any atom is 0.243 e. The normalized spacial score (nSPS) is 17.1. The third-order valence-electron chi connectivity index (χ3n) is 5.51. The molecule has 0 saturated carbocycles. The molecule has 0 unspecified atom stereocenters. The Balaban J connectivity index is 1.61. The summed E-state index contributed by atoms with van der Waals surface area (Å²) in [5.41, 5.74) is 2.64. The molecule has 5 nitrogen and oxygen atoms in total. The lowest BCUT2D eigenvalue weighted by Crippen LogP contribution is -2.43. The van der Waals surface area contributed by atoms with Crippen LogP contribution in [0.1, 0.15) is 42.5 Å². The van der Waals surface area contributed by atoms with Gasteiger partial charge in [-0.15, -0.1) is 0 Å². The summed E-state index contributed by atoms with van der Waals surface area (Å²) in [5.74, 6) is -0.217. The van der Waals surface area contributed by atoms with Gasteiger partial charge in [0, 0.05) is 24.0 Å². The number of benzene rings is 2. The van der Waals surface area contributed by atoms with E-state index >= 15 is 0 Å². The van der Waals surface area contributed by atoms with Crippen LogP contribution in [0.5, 0.6) is 0 Å². The molecule has 156 valence electrons. The molecule has 1 N–H and O–H groups in total. The van der Waals surface area contributed by atoms with Gasteiger partial charge in [0.05, 0.1) is 10.9 Å². The molecular formula is C22H27ClN2O3S. The smallest absolute Gasteiger partial charge is 0.243 e. The molecule has 2 aromatic rings. The van der Waals surface area contributed by atoms with Gasteiger partial charge in [0.25, 0.3) is 0 Å². The summed E-state index contributed by atoms with van der Waals surface area (Å²) in [4.78, 5) is 13.0. The quantitative estimate of drug-likeness (QED) is 0.765. The molecule has 1 saturated heterocycles. The molecule has 3 rings (SSSR count). The molecule has 1 atom stereocenters. The van der Waals surface area contributed by atoms with Gasteiger partial charge in [0.15, 0.2) is 0 Å². The van der Waals surface area contributed by atoms with Crippen molar-refractivity contribution < 1.29 is 13.2 Å². The monoisotopic (exact) mass is 434 g/mol. The van der Waals surface area contributed by atoms with E-state index in [1.807, 2.05) is 45.0 Å². The predicted molar refractivity (Wildman–Crippen MR) is 115 cm³/mol. The number of halogens is 1. The Morgan fingerprint density at radius 2 is 1.72 bits per heavy atom. The molecule has 0 radical (unpaired) electrons. The van der Waals surface area contributed by atoms with Crippen molar-refractivity contribution in [1.82, 2.24) is 9.62 Å². The van der Waals surface area contributed by atoms with Crippen LogP contribution in [0.15, 0.2) is 47.4 Å². The lowest BCUT2D eigenvalue weighted by Gasteiger charge is -2.31. The average Bonchev–Trinajstić information content (AvgIpc) is 2.70. The Hall–Kier alpha value is -1.89. The van der Waals surface area contributed by atoms with E-state index in [2.05, 4.69) is 5.32 Å². The maximum absolute atomic E-state index is 13.0. The van der Waals surface area contributed by atoms with Gasteiger partial charge in [-0.25, -0.2) is 8.42 Å². The number of hydrogen-bond acceptors (Lipinski definition) is 3. The second-order valence-corrected chi connectivity index (χ2v) is 10.1. The van der Waals surface area contributed by atoms with Crippen LogP contribution in [-0.2, 0) is 14.8 Å².